The third-order valence-electron chi connectivity index (χ3n) is 5.65. The highest BCUT2D eigenvalue weighted by atomic mass is 16.5. The van der Waals surface area contributed by atoms with E-state index < -0.39 is 0 Å². The zero-order valence-corrected chi connectivity index (χ0v) is 16.4. The highest BCUT2D eigenvalue weighted by molar-refractivity contribution is 5.94. The largest absolute Gasteiger partial charge is 0.373 e. The third-order valence-corrected chi connectivity index (χ3v) is 5.65. The fourth-order valence-electron chi connectivity index (χ4n) is 4.07. The molecule has 2 atom stereocenters. The van der Waals surface area contributed by atoms with E-state index in [-0.39, 0.29) is 18.1 Å². The fraction of sp³-hybridized carbons (Fsp3) is 0.524. The molecule has 4 rings (SSSR count). The van der Waals surface area contributed by atoms with E-state index in [1.165, 1.54) is 5.56 Å². The fourth-order valence-corrected chi connectivity index (χ4v) is 4.07. The summed E-state index contributed by atoms with van der Waals surface area (Å²) in [6, 6.07) is 10.5. The van der Waals surface area contributed by atoms with Crippen molar-refractivity contribution in [3.63, 3.8) is 0 Å². The van der Waals surface area contributed by atoms with Gasteiger partial charge >= 0.3 is 0 Å². The number of carbonyl (C=O) groups is 1. The Kier molecular flexibility index (Phi) is 6.04. The van der Waals surface area contributed by atoms with Crippen LogP contribution in [0.25, 0.3) is 0 Å². The summed E-state index contributed by atoms with van der Waals surface area (Å²) in [6.07, 6.45) is 1.69. The number of nitrogens with one attached hydrogen (secondary N) is 3. The number of hydrogen-bond acceptors (Lipinski definition) is 5. The van der Waals surface area contributed by atoms with Gasteiger partial charge in [0, 0.05) is 50.4 Å². The van der Waals surface area contributed by atoms with Gasteiger partial charge in [-0.25, -0.2) is 0 Å². The summed E-state index contributed by atoms with van der Waals surface area (Å²) in [4.78, 5) is 15.3. The Labute approximate surface area is 165 Å². The van der Waals surface area contributed by atoms with Gasteiger partial charge in [0.2, 0.25) is 0 Å². The molecule has 0 bridgehead atoms. The first-order valence-corrected chi connectivity index (χ1v) is 10.2. The van der Waals surface area contributed by atoms with Crippen LogP contribution in [-0.4, -0.2) is 59.4 Å². The van der Waals surface area contributed by atoms with Crippen molar-refractivity contribution in [1.82, 2.24) is 25.7 Å². The number of aromatic nitrogens is 2. The topological polar surface area (TPSA) is 82.3 Å². The number of carbonyl (C=O) groups excluding carboxylic acids is 1. The van der Waals surface area contributed by atoms with E-state index in [1.54, 1.807) is 0 Å². The Morgan fingerprint density at radius 1 is 1.39 bits per heavy atom. The van der Waals surface area contributed by atoms with E-state index in [0.29, 0.717) is 18.8 Å². The number of amides is 1. The molecule has 3 heterocycles. The molecule has 150 valence electrons. The molecular weight excluding hydrogens is 354 g/mol. The van der Waals surface area contributed by atoms with Crippen LogP contribution in [0.5, 0.6) is 0 Å². The molecule has 2 aromatic rings. The maximum absolute atomic E-state index is 12.9. The van der Waals surface area contributed by atoms with Gasteiger partial charge in [0.05, 0.1) is 18.8 Å². The summed E-state index contributed by atoms with van der Waals surface area (Å²) in [5.41, 5.74) is 3.88. The standard InChI is InChI=1S/C21H29N5O2/c1-2-17(23-21(27)20-16-12-22-9-8-18(16)24-25-20)19-14-26(10-11-28-19)13-15-6-4-3-5-7-15/h3-7,17,19,22H,2,8-14H2,1H3,(H,23,27)(H,24,25). The van der Waals surface area contributed by atoms with Crippen molar-refractivity contribution < 1.29 is 9.53 Å². The van der Waals surface area contributed by atoms with Crippen molar-refractivity contribution in [2.75, 3.05) is 26.2 Å². The highest BCUT2D eigenvalue weighted by Crippen LogP contribution is 2.18. The SMILES string of the molecule is CCC(NC(=O)c1n[nH]c2c1CNCC2)C1CN(Cc2ccccc2)CCO1. The van der Waals surface area contributed by atoms with Gasteiger partial charge in [0.25, 0.3) is 5.91 Å². The van der Waals surface area contributed by atoms with E-state index >= 15 is 0 Å². The van der Waals surface area contributed by atoms with E-state index in [1.807, 2.05) is 6.07 Å². The minimum absolute atomic E-state index is 0.0145. The first-order chi connectivity index (χ1) is 13.7. The molecule has 1 aromatic carbocycles. The molecular formula is C21H29N5O2. The molecule has 0 spiro atoms. The zero-order chi connectivity index (χ0) is 19.3. The lowest BCUT2D eigenvalue weighted by molar-refractivity contribution is -0.0483. The molecule has 7 nitrogen and oxygen atoms in total. The summed E-state index contributed by atoms with van der Waals surface area (Å²) in [6.45, 7) is 7.01. The summed E-state index contributed by atoms with van der Waals surface area (Å²) < 4.78 is 6.03. The smallest absolute Gasteiger partial charge is 0.272 e. The van der Waals surface area contributed by atoms with Gasteiger partial charge in [-0.15, -0.1) is 0 Å². The Bertz CT molecular complexity index is 791. The van der Waals surface area contributed by atoms with Crippen LogP contribution >= 0.6 is 0 Å². The van der Waals surface area contributed by atoms with Crippen LogP contribution in [0.4, 0.5) is 0 Å². The van der Waals surface area contributed by atoms with E-state index in [2.05, 4.69) is 56.9 Å². The summed E-state index contributed by atoms with van der Waals surface area (Å²) >= 11 is 0. The van der Waals surface area contributed by atoms with Gasteiger partial charge in [-0.2, -0.15) is 5.10 Å². The average Bonchev–Trinajstić information content (AvgIpc) is 3.17. The van der Waals surface area contributed by atoms with Crippen molar-refractivity contribution in [2.24, 2.45) is 0 Å². The number of H-pyrrole nitrogens is 1. The van der Waals surface area contributed by atoms with Crippen molar-refractivity contribution >= 4 is 5.91 Å². The average molecular weight is 383 g/mol. The van der Waals surface area contributed by atoms with Gasteiger partial charge < -0.3 is 15.4 Å². The molecule has 3 N–H and O–H groups in total. The third kappa shape index (κ3) is 4.27. The number of aromatic amines is 1. The van der Waals surface area contributed by atoms with Gasteiger partial charge in [0.1, 0.15) is 0 Å². The molecule has 2 unspecified atom stereocenters. The van der Waals surface area contributed by atoms with Gasteiger partial charge in [0.15, 0.2) is 5.69 Å². The van der Waals surface area contributed by atoms with Crippen LogP contribution in [-0.2, 0) is 24.2 Å². The van der Waals surface area contributed by atoms with Crippen molar-refractivity contribution in [3.8, 4) is 0 Å². The molecule has 2 aliphatic rings. The number of ether oxygens (including phenoxy) is 1. The van der Waals surface area contributed by atoms with Crippen LogP contribution in [0, 0.1) is 0 Å². The second-order valence-corrected chi connectivity index (χ2v) is 7.57. The van der Waals surface area contributed by atoms with Crippen molar-refractivity contribution in [2.45, 2.75) is 45.0 Å². The molecule has 0 radical (unpaired) electrons. The summed E-state index contributed by atoms with van der Waals surface area (Å²) in [7, 11) is 0. The molecule has 1 fully saturated rings. The maximum atomic E-state index is 12.9. The van der Waals surface area contributed by atoms with Gasteiger partial charge in [-0.05, 0) is 12.0 Å². The van der Waals surface area contributed by atoms with Crippen molar-refractivity contribution in [3.05, 3.63) is 52.8 Å². The Hall–Kier alpha value is -2.22. The number of nitrogens with zero attached hydrogens (tertiary/aromatic N) is 2. The minimum Gasteiger partial charge on any atom is -0.373 e. The number of hydrogen-bond donors (Lipinski definition) is 3. The predicted octanol–water partition coefficient (Wildman–Crippen LogP) is 1.46. The quantitative estimate of drug-likeness (QED) is 0.704. The number of morpholine rings is 1. The number of rotatable bonds is 6. The number of fused-ring (bicyclic) bond motifs is 1. The molecule has 1 aromatic heterocycles. The monoisotopic (exact) mass is 383 g/mol. The van der Waals surface area contributed by atoms with E-state index in [9.17, 15) is 4.79 Å². The summed E-state index contributed by atoms with van der Waals surface area (Å²) in [5.74, 6) is -0.114. The zero-order valence-electron chi connectivity index (χ0n) is 16.4. The van der Waals surface area contributed by atoms with E-state index in [4.69, 9.17) is 4.74 Å². The Morgan fingerprint density at radius 2 is 2.25 bits per heavy atom. The first kappa shape index (κ1) is 19.1. The molecule has 1 saturated heterocycles. The first-order valence-electron chi connectivity index (χ1n) is 10.2. The second-order valence-electron chi connectivity index (χ2n) is 7.57. The molecule has 28 heavy (non-hydrogen) atoms. The van der Waals surface area contributed by atoms with Gasteiger partial charge in [-0.3, -0.25) is 14.8 Å². The minimum atomic E-state index is -0.114. The van der Waals surface area contributed by atoms with Crippen LogP contribution in [0.2, 0.25) is 0 Å². The molecule has 0 aliphatic carbocycles. The molecule has 0 saturated carbocycles. The molecule has 7 heteroatoms. The maximum Gasteiger partial charge on any atom is 0.272 e. The molecule has 1 amide bonds. The van der Waals surface area contributed by atoms with Crippen LogP contribution in [0.3, 0.4) is 0 Å². The Balaban J connectivity index is 1.39. The normalized spacial score (nSPS) is 21.1. The summed E-state index contributed by atoms with van der Waals surface area (Å²) in [5, 5.41) is 13.8. The molecule has 2 aliphatic heterocycles. The predicted molar refractivity (Wildman–Crippen MR) is 107 cm³/mol. The van der Waals surface area contributed by atoms with Gasteiger partial charge in [-0.1, -0.05) is 37.3 Å². The Morgan fingerprint density at radius 3 is 3.07 bits per heavy atom. The van der Waals surface area contributed by atoms with Crippen LogP contribution in [0.1, 0.15) is 40.7 Å². The number of benzene rings is 1. The van der Waals surface area contributed by atoms with Crippen LogP contribution in [0.15, 0.2) is 30.3 Å². The van der Waals surface area contributed by atoms with Crippen molar-refractivity contribution in [1.29, 1.82) is 0 Å². The lowest BCUT2D eigenvalue weighted by Crippen LogP contribution is -2.53. The lowest BCUT2D eigenvalue weighted by Gasteiger charge is -2.37. The second kappa shape index (κ2) is 8.86. The lowest BCUT2D eigenvalue weighted by atomic mass is 10.0. The highest BCUT2D eigenvalue weighted by Gasteiger charge is 2.30. The van der Waals surface area contributed by atoms with E-state index in [0.717, 1.165) is 50.3 Å². The van der Waals surface area contributed by atoms with Crippen LogP contribution < -0.4 is 10.6 Å².